The van der Waals surface area contributed by atoms with Crippen LogP contribution in [0.1, 0.15) is 34.6 Å². The van der Waals surface area contributed by atoms with E-state index in [1.807, 2.05) is 27.7 Å². The molecule has 6 nitrogen and oxygen atoms in total. The molecule has 0 aromatic heterocycles. The Morgan fingerprint density at radius 2 is 1.31 bits per heavy atom. The molecule has 0 amide bonds. The molecule has 1 unspecified atom stereocenters. The molecule has 2 aliphatic carbocycles. The van der Waals surface area contributed by atoms with Crippen molar-refractivity contribution in [2.24, 2.45) is 34.5 Å². The first kappa shape index (κ1) is 27.9. The summed E-state index contributed by atoms with van der Waals surface area (Å²) in [5.41, 5.74) is -0.440. The Morgan fingerprint density at radius 1 is 0.962 bits per heavy atom. The summed E-state index contributed by atoms with van der Waals surface area (Å²) in [5, 5.41) is 8.66. The predicted molar refractivity (Wildman–Crippen MR) is 127 cm³/mol. The molecule has 2 saturated carbocycles. The van der Waals surface area contributed by atoms with Crippen LogP contribution in [0, 0.1) is 34.5 Å². The van der Waals surface area contributed by atoms with E-state index >= 15 is 0 Å². The monoisotopic (exact) mass is 931 g/mol. The molecule has 0 spiro atoms. The Morgan fingerprint density at radius 3 is 1.42 bits per heavy atom. The van der Waals surface area contributed by atoms with E-state index in [0.29, 0.717) is 13.3 Å². The number of cyclic esters (lactones) is 2. The van der Waals surface area contributed by atoms with Crippen LogP contribution in [0.3, 0.4) is 0 Å². The van der Waals surface area contributed by atoms with Crippen molar-refractivity contribution < 1.29 is 42.3 Å². The Balaban J connectivity index is 0.000000387. The molecule has 1 aliphatic heterocycles. The number of rotatable bonds is 2. The number of carbonyl (C=O) groups is 4. The van der Waals surface area contributed by atoms with Gasteiger partial charge in [0.2, 0.25) is 0 Å². The molecule has 0 aromatic rings. The van der Waals surface area contributed by atoms with Crippen LogP contribution in [0.4, 0.5) is 0 Å². The summed E-state index contributed by atoms with van der Waals surface area (Å²) >= 11 is 9.54. The Kier molecular flexibility index (Phi) is 12.2. The Bertz CT molecular complexity index is 533. The van der Waals surface area contributed by atoms with Crippen LogP contribution in [0.2, 0.25) is 0 Å². The average Bonchev–Trinajstić information content (AvgIpc) is 3.23. The molecular weight excluding hydrogens is 911 g/mol. The van der Waals surface area contributed by atoms with Crippen LogP contribution in [0.15, 0.2) is 0 Å². The second-order valence-electron chi connectivity index (χ2n) is 7.30. The first-order valence-electron chi connectivity index (χ1n) is 7.35. The molecular formula is C15H20I5O6-. The topological polar surface area (TPSA) is 97.7 Å². The number of halogens is 5. The maximum absolute atomic E-state index is 10.9. The molecule has 3 aliphatic rings. The van der Waals surface area contributed by atoms with Crippen LogP contribution < -0.4 is 13.3 Å². The van der Waals surface area contributed by atoms with E-state index < -0.39 is 11.9 Å². The number of hydrogen-bond acceptors (Lipinski definition) is 5. The second-order valence-corrected chi connectivity index (χ2v) is 23.5. The van der Waals surface area contributed by atoms with Crippen LogP contribution in [-0.4, -0.2) is 28.8 Å². The number of esters is 2. The molecule has 11 heteroatoms. The number of hydrogen-bond donors (Lipinski definition) is 1. The van der Waals surface area contributed by atoms with Crippen molar-refractivity contribution in [1.82, 2.24) is 0 Å². The molecule has 26 heavy (non-hydrogen) atoms. The minimum absolute atomic E-state index is 0.0117. The SMILES string of the molecule is CC(=O)[C@@H]1C(C(=O)O)C1(C)C.CC1(C)[C@@H]2C(=O)OC(=O)[C@@H]21.II.I[I-]I. The van der Waals surface area contributed by atoms with Crippen molar-refractivity contribution in [3.8, 4) is 0 Å². The summed E-state index contributed by atoms with van der Waals surface area (Å²) in [6.45, 7) is 8.92. The van der Waals surface area contributed by atoms with Crippen molar-refractivity contribution in [3.05, 3.63) is 0 Å². The van der Waals surface area contributed by atoms with Gasteiger partial charge in [0.15, 0.2) is 0 Å². The maximum atomic E-state index is 10.9. The quantitative estimate of drug-likeness (QED) is 0.258. The third-order valence-electron chi connectivity index (χ3n) is 5.07. The van der Waals surface area contributed by atoms with E-state index in [1.165, 1.54) is 6.92 Å². The van der Waals surface area contributed by atoms with Gasteiger partial charge in [-0.05, 0) is 17.8 Å². The van der Waals surface area contributed by atoms with E-state index in [1.54, 1.807) is 0 Å². The van der Waals surface area contributed by atoms with Crippen molar-refractivity contribution in [3.63, 3.8) is 0 Å². The van der Waals surface area contributed by atoms with Crippen LogP contribution in [0.25, 0.3) is 0 Å². The van der Waals surface area contributed by atoms with Gasteiger partial charge in [-0.15, -0.1) is 0 Å². The molecule has 1 N–H and O–H groups in total. The summed E-state index contributed by atoms with van der Waals surface area (Å²) < 4.78 is 4.38. The molecule has 3 rings (SSSR count). The third kappa shape index (κ3) is 6.46. The zero-order valence-electron chi connectivity index (χ0n) is 14.7. The van der Waals surface area contributed by atoms with Crippen molar-refractivity contribution >= 4 is 98.2 Å². The van der Waals surface area contributed by atoms with Crippen LogP contribution in [0.5, 0.6) is 0 Å². The summed E-state index contributed by atoms with van der Waals surface area (Å²) in [5.74, 6) is -2.53. The summed E-state index contributed by atoms with van der Waals surface area (Å²) in [6.07, 6.45) is 0. The first-order valence-corrected chi connectivity index (χ1v) is 26.2. The molecule has 3 fully saturated rings. The van der Waals surface area contributed by atoms with Gasteiger partial charge < -0.3 is 9.84 Å². The van der Waals surface area contributed by atoms with Crippen LogP contribution >= 0.6 is 74.5 Å². The van der Waals surface area contributed by atoms with Gasteiger partial charge in [-0.2, -0.15) is 0 Å². The van der Waals surface area contributed by atoms with E-state index in [4.69, 9.17) is 5.11 Å². The zero-order valence-corrected chi connectivity index (χ0v) is 25.5. The van der Waals surface area contributed by atoms with Gasteiger partial charge in [0.05, 0.1) is 17.8 Å². The first-order chi connectivity index (χ1) is 11.8. The summed E-state index contributed by atoms with van der Waals surface area (Å²) in [4.78, 5) is 43.0. The number of fused-ring (bicyclic) bond motifs is 1. The number of carboxylic acid groups (broad SMARTS) is 1. The van der Waals surface area contributed by atoms with Gasteiger partial charge in [-0.1, -0.05) is 27.7 Å². The number of ether oxygens (including phenoxy) is 1. The fourth-order valence-electron chi connectivity index (χ4n) is 3.60. The number of ketones is 1. The van der Waals surface area contributed by atoms with Gasteiger partial charge >= 0.3 is 68.4 Å². The third-order valence-corrected chi connectivity index (χ3v) is 5.07. The molecule has 0 aromatic carbocycles. The molecule has 0 bridgehead atoms. The van der Waals surface area contributed by atoms with Crippen molar-refractivity contribution in [2.75, 3.05) is 0 Å². The molecule has 1 saturated heterocycles. The minimum atomic E-state index is -0.852. The Labute approximate surface area is 206 Å². The Hall–Kier alpha value is 1.93. The molecule has 1 heterocycles. The fourth-order valence-corrected chi connectivity index (χ4v) is 3.60. The van der Waals surface area contributed by atoms with Gasteiger partial charge in [0.1, 0.15) is 5.78 Å². The van der Waals surface area contributed by atoms with Gasteiger partial charge in [-0.3, -0.25) is 19.2 Å². The van der Waals surface area contributed by atoms with Crippen molar-refractivity contribution in [1.29, 1.82) is 0 Å². The van der Waals surface area contributed by atoms with E-state index in [2.05, 4.69) is 79.2 Å². The molecule has 152 valence electrons. The second kappa shape index (κ2) is 11.4. The van der Waals surface area contributed by atoms with Crippen LogP contribution in [-0.2, 0) is 23.9 Å². The van der Waals surface area contributed by atoms with E-state index in [9.17, 15) is 19.2 Å². The number of Topliss-reactive ketones (excluding diaryl/α,β-unsaturated/α-hetero) is 1. The van der Waals surface area contributed by atoms with E-state index in [0.717, 1.165) is 0 Å². The molecule has 4 atom stereocenters. The van der Waals surface area contributed by atoms with Gasteiger partial charge in [-0.25, -0.2) is 0 Å². The standard InChI is InChI=1S/C8H12O3.C7H8O3.I3.I2/c1-4(9)5-6(7(10)11)8(5,2)3;1-7(2)3-4(7)6(9)10-5(3)8;1-3-2;1-2/h5-6H,1-3H3,(H,10,11);3-4H,1-2H3;;/q;;-1;/t5-,6?;3-,4+;;/m1.../s1. The van der Waals surface area contributed by atoms with Crippen molar-refractivity contribution in [2.45, 2.75) is 34.6 Å². The van der Waals surface area contributed by atoms with Gasteiger partial charge in [0, 0.05) is 43.1 Å². The summed E-state index contributed by atoms with van der Waals surface area (Å²) in [7, 11) is 0. The molecule has 0 radical (unpaired) electrons. The predicted octanol–water partition coefficient (Wildman–Crippen LogP) is 1.82. The summed E-state index contributed by atoms with van der Waals surface area (Å²) in [6, 6.07) is 0. The average molecular weight is 931 g/mol. The number of carboxylic acids is 1. The van der Waals surface area contributed by atoms with Gasteiger partial charge in [0.25, 0.3) is 0 Å². The number of aliphatic carboxylic acids is 1. The number of carbonyl (C=O) groups excluding carboxylic acids is 3. The zero-order chi connectivity index (χ0) is 21.0. The van der Waals surface area contributed by atoms with E-state index in [-0.39, 0.29) is 46.3 Å². The normalized spacial score (nSPS) is 30.8. The fraction of sp³-hybridized carbons (Fsp3) is 0.733.